The van der Waals surface area contributed by atoms with Gasteiger partial charge in [0.05, 0.1) is 12.2 Å². The number of nitrogens with zero attached hydrogens (tertiary/aromatic N) is 2. The highest BCUT2D eigenvalue weighted by atomic mass is 32.1. The zero-order chi connectivity index (χ0) is 17.8. The fraction of sp³-hybridized carbons (Fsp3) is 0.333. The minimum atomic E-state index is 0.0331. The number of aromatic nitrogens is 1. The molecule has 0 atom stereocenters. The summed E-state index contributed by atoms with van der Waals surface area (Å²) in [7, 11) is 0. The minimum absolute atomic E-state index is 0.0331. The average molecular weight is 366 g/mol. The maximum absolute atomic E-state index is 12.4. The Hall–Kier alpha value is -2.24. The quantitative estimate of drug-likeness (QED) is 0.724. The van der Waals surface area contributed by atoms with Gasteiger partial charge in [-0.25, -0.2) is 4.98 Å². The molecule has 0 spiro atoms. The molecule has 2 heterocycles. The SMILES string of the molecule is O=C(CN1CCCCCC1)Nc1nc(-c2cccc3ccccc23)cs1. The van der Waals surface area contributed by atoms with E-state index in [4.69, 9.17) is 0 Å². The van der Waals surface area contributed by atoms with Crippen molar-refractivity contribution >= 4 is 33.1 Å². The van der Waals surface area contributed by atoms with E-state index >= 15 is 0 Å². The van der Waals surface area contributed by atoms with Crippen molar-refractivity contribution in [3.05, 3.63) is 47.8 Å². The molecule has 0 radical (unpaired) electrons. The van der Waals surface area contributed by atoms with Crippen LogP contribution in [-0.2, 0) is 4.79 Å². The largest absolute Gasteiger partial charge is 0.301 e. The van der Waals surface area contributed by atoms with Crippen molar-refractivity contribution in [1.29, 1.82) is 0 Å². The highest BCUT2D eigenvalue weighted by molar-refractivity contribution is 7.14. The molecule has 5 heteroatoms. The van der Waals surface area contributed by atoms with Gasteiger partial charge in [0.2, 0.25) is 5.91 Å². The normalized spacial score (nSPS) is 15.7. The summed E-state index contributed by atoms with van der Waals surface area (Å²) in [6.45, 7) is 2.50. The lowest BCUT2D eigenvalue weighted by molar-refractivity contribution is -0.117. The van der Waals surface area contributed by atoms with Gasteiger partial charge in [-0.15, -0.1) is 11.3 Å². The standard InChI is InChI=1S/C21H23N3OS/c25-20(14-24-12-5-1-2-6-13-24)23-21-22-19(15-26-21)18-11-7-9-16-8-3-4-10-17(16)18/h3-4,7-11,15H,1-2,5-6,12-14H2,(H,22,23,25). The van der Waals surface area contributed by atoms with Gasteiger partial charge in [-0.05, 0) is 36.7 Å². The molecule has 134 valence electrons. The summed E-state index contributed by atoms with van der Waals surface area (Å²) in [5.41, 5.74) is 2.02. The van der Waals surface area contributed by atoms with Crippen molar-refractivity contribution in [3.63, 3.8) is 0 Å². The zero-order valence-electron chi connectivity index (χ0n) is 14.8. The van der Waals surface area contributed by atoms with Gasteiger partial charge in [-0.2, -0.15) is 0 Å². The summed E-state index contributed by atoms with van der Waals surface area (Å²) >= 11 is 1.49. The number of nitrogens with one attached hydrogen (secondary N) is 1. The first-order valence-electron chi connectivity index (χ1n) is 9.25. The molecule has 1 aliphatic heterocycles. The lowest BCUT2D eigenvalue weighted by atomic mass is 10.0. The number of hydrogen-bond acceptors (Lipinski definition) is 4. The molecule has 26 heavy (non-hydrogen) atoms. The lowest BCUT2D eigenvalue weighted by Crippen LogP contribution is -2.33. The summed E-state index contributed by atoms with van der Waals surface area (Å²) < 4.78 is 0. The third-order valence-corrected chi connectivity index (χ3v) is 5.64. The van der Waals surface area contributed by atoms with Crippen LogP contribution in [0.25, 0.3) is 22.0 Å². The van der Waals surface area contributed by atoms with Crippen LogP contribution in [0, 0.1) is 0 Å². The molecule has 0 unspecified atom stereocenters. The predicted octanol–water partition coefficient (Wildman–Crippen LogP) is 4.78. The van der Waals surface area contributed by atoms with E-state index in [0.717, 1.165) is 24.3 Å². The Labute approximate surface area is 157 Å². The van der Waals surface area contributed by atoms with Gasteiger partial charge < -0.3 is 5.32 Å². The molecule has 1 N–H and O–H groups in total. The molecule has 1 amide bonds. The van der Waals surface area contributed by atoms with Crippen molar-refractivity contribution in [2.45, 2.75) is 25.7 Å². The molecule has 2 aromatic carbocycles. The molecule has 4 nitrogen and oxygen atoms in total. The summed E-state index contributed by atoms with van der Waals surface area (Å²) in [4.78, 5) is 19.3. The number of anilines is 1. The summed E-state index contributed by atoms with van der Waals surface area (Å²) in [6.07, 6.45) is 4.93. The monoisotopic (exact) mass is 365 g/mol. The van der Waals surface area contributed by atoms with Crippen LogP contribution in [0.1, 0.15) is 25.7 Å². The second-order valence-corrected chi connectivity index (χ2v) is 7.66. The van der Waals surface area contributed by atoms with Crippen LogP contribution < -0.4 is 5.32 Å². The summed E-state index contributed by atoms with van der Waals surface area (Å²) in [5, 5.41) is 8.05. The minimum Gasteiger partial charge on any atom is -0.301 e. The number of thiazole rings is 1. The van der Waals surface area contributed by atoms with E-state index in [1.807, 2.05) is 17.5 Å². The number of carbonyl (C=O) groups is 1. The average Bonchev–Trinajstić information content (AvgIpc) is 2.96. The molecule has 1 aromatic heterocycles. The van der Waals surface area contributed by atoms with Crippen molar-refractivity contribution in [1.82, 2.24) is 9.88 Å². The fourth-order valence-corrected chi connectivity index (χ4v) is 4.29. The molecule has 1 fully saturated rings. The third-order valence-electron chi connectivity index (χ3n) is 4.88. The molecule has 0 saturated carbocycles. The number of likely N-dealkylation sites (tertiary alicyclic amines) is 1. The molecular weight excluding hydrogens is 342 g/mol. The number of carbonyl (C=O) groups excluding carboxylic acids is 1. The molecule has 0 aliphatic carbocycles. The van der Waals surface area contributed by atoms with E-state index in [2.05, 4.69) is 45.5 Å². The number of rotatable bonds is 4. The zero-order valence-corrected chi connectivity index (χ0v) is 15.6. The van der Waals surface area contributed by atoms with Gasteiger partial charge in [-0.1, -0.05) is 55.3 Å². The number of amides is 1. The van der Waals surface area contributed by atoms with Gasteiger partial charge in [0.15, 0.2) is 5.13 Å². The van der Waals surface area contributed by atoms with Gasteiger partial charge in [0.1, 0.15) is 0 Å². The van der Waals surface area contributed by atoms with Gasteiger partial charge in [-0.3, -0.25) is 9.69 Å². The van der Waals surface area contributed by atoms with Crippen molar-refractivity contribution in [2.75, 3.05) is 25.0 Å². The maximum Gasteiger partial charge on any atom is 0.240 e. The molecular formula is C21H23N3OS. The van der Waals surface area contributed by atoms with Crippen LogP contribution in [0.15, 0.2) is 47.8 Å². The number of hydrogen-bond donors (Lipinski definition) is 1. The Balaban J connectivity index is 1.46. The number of benzene rings is 2. The summed E-state index contributed by atoms with van der Waals surface area (Å²) in [6, 6.07) is 14.5. The van der Waals surface area contributed by atoms with Crippen LogP contribution in [0.5, 0.6) is 0 Å². The Kier molecular flexibility index (Phi) is 5.27. The van der Waals surface area contributed by atoms with Gasteiger partial charge in [0, 0.05) is 10.9 Å². The lowest BCUT2D eigenvalue weighted by Gasteiger charge is -2.18. The Morgan fingerprint density at radius 1 is 1.04 bits per heavy atom. The van der Waals surface area contributed by atoms with Crippen molar-refractivity contribution < 1.29 is 4.79 Å². The van der Waals surface area contributed by atoms with Gasteiger partial charge in [0.25, 0.3) is 0 Å². The van der Waals surface area contributed by atoms with Crippen LogP contribution >= 0.6 is 11.3 Å². The Morgan fingerprint density at radius 3 is 2.65 bits per heavy atom. The number of fused-ring (bicyclic) bond motifs is 1. The van der Waals surface area contributed by atoms with Crippen LogP contribution in [0.2, 0.25) is 0 Å². The van der Waals surface area contributed by atoms with E-state index in [1.54, 1.807) is 0 Å². The first kappa shape index (κ1) is 17.2. The highest BCUT2D eigenvalue weighted by Gasteiger charge is 2.15. The smallest absolute Gasteiger partial charge is 0.240 e. The van der Waals surface area contributed by atoms with E-state index in [1.165, 1.54) is 47.8 Å². The topological polar surface area (TPSA) is 45.2 Å². The molecule has 1 saturated heterocycles. The van der Waals surface area contributed by atoms with E-state index in [-0.39, 0.29) is 5.91 Å². The fourth-order valence-electron chi connectivity index (χ4n) is 3.56. The van der Waals surface area contributed by atoms with Crippen LogP contribution in [0.3, 0.4) is 0 Å². The molecule has 3 aromatic rings. The molecule has 4 rings (SSSR count). The second-order valence-electron chi connectivity index (χ2n) is 6.80. The van der Waals surface area contributed by atoms with Crippen LogP contribution in [0.4, 0.5) is 5.13 Å². The Morgan fingerprint density at radius 2 is 1.81 bits per heavy atom. The Bertz CT molecular complexity index is 892. The van der Waals surface area contributed by atoms with E-state index in [0.29, 0.717) is 11.7 Å². The highest BCUT2D eigenvalue weighted by Crippen LogP contribution is 2.30. The van der Waals surface area contributed by atoms with E-state index in [9.17, 15) is 4.79 Å². The second kappa shape index (κ2) is 7.98. The van der Waals surface area contributed by atoms with Crippen LogP contribution in [-0.4, -0.2) is 35.4 Å². The first-order valence-corrected chi connectivity index (χ1v) is 10.1. The molecule has 0 bridgehead atoms. The third kappa shape index (κ3) is 3.94. The molecule has 1 aliphatic rings. The summed E-state index contributed by atoms with van der Waals surface area (Å²) in [5.74, 6) is 0.0331. The van der Waals surface area contributed by atoms with Crippen molar-refractivity contribution in [2.24, 2.45) is 0 Å². The predicted molar refractivity (Wildman–Crippen MR) is 109 cm³/mol. The van der Waals surface area contributed by atoms with Gasteiger partial charge >= 0.3 is 0 Å². The maximum atomic E-state index is 12.4. The van der Waals surface area contributed by atoms with E-state index < -0.39 is 0 Å². The first-order chi connectivity index (χ1) is 12.8. The van der Waals surface area contributed by atoms with Crippen molar-refractivity contribution in [3.8, 4) is 11.3 Å².